The fourth-order valence-corrected chi connectivity index (χ4v) is 6.78. The Morgan fingerprint density at radius 1 is 0.695 bits per heavy atom. The zero-order valence-corrected chi connectivity index (χ0v) is 34.1. The molecule has 0 spiro atoms. The van der Waals surface area contributed by atoms with Crippen LogP contribution in [0.2, 0.25) is 0 Å². The van der Waals surface area contributed by atoms with E-state index in [-0.39, 0.29) is 23.3 Å². The molecule has 0 saturated carbocycles. The van der Waals surface area contributed by atoms with Crippen molar-refractivity contribution >= 4 is 40.6 Å². The molecule has 1 amide bonds. The highest BCUT2D eigenvalue weighted by atomic mass is 16.5. The van der Waals surface area contributed by atoms with Crippen molar-refractivity contribution in [1.82, 2.24) is 0 Å². The monoisotopic (exact) mass is 793 g/mol. The molecule has 59 heavy (non-hydrogen) atoms. The van der Waals surface area contributed by atoms with E-state index in [1.165, 1.54) is 23.8 Å². The van der Waals surface area contributed by atoms with E-state index in [9.17, 15) is 19.5 Å². The number of carboxylic acid groups (broad SMARTS) is 1. The topological polar surface area (TPSA) is 176 Å². The van der Waals surface area contributed by atoms with Crippen LogP contribution in [0.4, 0.5) is 22.7 Å². The van der Waals surface area contributed by atoms with E-state index in [0.717, 1.165) is 52.8 Å². The first-order valence-corrected chi connectivity index (χ1v) is 20.1. The normalized spacial score (nSPS) is 11.0. The molecule has 0 unspecified atom stereocenters. The summed E-state index contributed by atoms with van der Waals surface area (Å²) in [5, 5.41) is 30.2. The Hall–Kier alpha value is -6.80. The molecule has 4 N–H and O–H groups in total. The molecule has 5 aromatic rings. The SMILES string of the molecule is CCc1cc(Cc2cc(CC)c(NC(=O)c3cc(OC(=O)CCCCCOc4ccc(N=Nc5ccc(C#N)cc5)cc4)cc(C(=O)O)c3)c(CC)c2)cc(CC)c1N. The summed E-state index contributed by atoms with van der Waals surface area (Å²) >= 11 is 0. The minimum Gasteiger partial charge on any atom is -0.494 e. The van der Waals surface area contributed by atoms with E-state index in [2.05, 4.69) is 59.7 Å². The quantitative estimate of drug-likeness (QED) is 0.0243. The van der Waals surface area contributed by atoms with Crippen LogP contribution in [-0.2, 0) is 36.9 Å². The molecule has 0 heterocycles. The number of hydrogen-bond acceptors (Lipinski definition) is 9. The summed E-state index contributed by atoms with van der Waals surface area (Å²) in [4.78, 5) is 38.6. The van der Waals surface area contributed by atoms with Crippen molar-refractivity contribution in [2.24, 2.45) is 10.2 Å². The molecule has 304 valence electrons. The number of carbonyl (C=O) groups excluding carboxylic acids is 2. The van der Waals surface area contributed by atoms with Crippen LogP contribution in [0.1, 0.15) is 113 Å². The average molecular weight is 794 g/mol. The number of hydrogen-bond donors (Lipinski definition) is 3. The van der Waals surface area contributed by atoms with Crippen molar-refractivity contribution in [3.05, 3.63) is 141 Å². The van der Waals surface area contributed by atoms with Crippen LogP contribution in [0, 0.1) is 11.3 Å². The Labute approximate surface area is 345 Å². The third-order valence-corrected chi connectivity index (χ3v) is 10.00. The first-order chi connectivity index (χ1) is 28.5. The van der Waals surface area contributed by atoms with Gasteiger partial charge in [0.15, 0.2) is 0 Å². The number of nitrogens with two attached hydrogens (primary N) is 1. The van der Waals surface area contributed by atoms with Crippen molar-refractivity contribution in [2.75, 3.05) is 17.7 Å². The second-order valence-corrected chi connectivity index (χ2v) is 14.2. The standard InChI is InChI=1S/C48H51N5O6/c1-5-34-23-32(24-35(6-2)45(34)50)22-33-25-36(7-3)46(37(8-4)26-33)51-47(55)38-27-39(48(56)57)29-43(28-38)59-44(54)12-10-9-11-21-58-42-19-17-41(18-20-42)53-52-40-15-13-31(30-49)14-16-40/h13-20,23-29H,5-12,21-22,50H2,1-4H3,(H,51,55)(H,56,57). The first kappa shape index (κ1) is 43.3. The van der Waals surface area contributed by atoms with E-state index in [1.807, 2.05) is 13.8 Å². The van der Waals surface area contributed by atoms with Crippen LogP contribution >= 0.6 is 0 Å². The summed E-state index contributed by atoms with van der Waals surface area (Å²) in [5.41, 5.74) is 16.3. The predicted octanol–water partition coefficient (Wildman–Crippen LogP) is 10.9. The van der Waals surface area contributed by atoms with Gasteiger partial charge in [-0.25, -0.2) is 4.79 Å². The lowest BCUT2D eigenvalue weighted by molar-refractivity contribution is -0.134. The number of nitriles is 1. The second-order valence-electron chi connectivity index (χ2n) is 14.2. The molecule has 11 heteroatoms. The number of amides is 1. The molecule has 0 aliphatic carbocycles. The lowest BCUT2D eigenvalue weighted by atomic mass is 9.92. The van der Waals surface area contributed by atoms with Gasteiger partial charge in [-0.3, -0.25) is 9.59 Å². The smallest absolute Gasteiger partial charge is 0.335 e. The molecule has 0 radical (unpaired) electrons. The second kappa shape index (κ2) is 21.1. The van der Waals surface area contributed by atoms with Gasteiger partial charge < -0.3 is 25.6 Å². The fourth-order valence-electron chi connectivity index (χ4n) is 6.78. The number of carboxylic acids is 1. The number of azo groups is 1. The van der Waals surface area contributed by atoms with Gasteiger partial charge in [0.2, 0.25) is 0 Å². The van der Waals surface area contributed by atoms with Crippen LogP contribution < -0.4 is 20.5 Å². The zero-order chi connectivity index (χ0) is 42.3. The van der Waals surface area contributed by atoms with Crippen LogP contribution in [0.3, 0.4) is 0 Å². The van der Waals surface area contributed by atoms with Crippen molar-refractivity contribution < 1.29 is 29.0 Å². The Bertz CT molecular complexity index is 2300. The Kier molecular flexibility index (Phi) is 15.5. The van der Waals surface area contributed by atoms with Crippen LogP contribution in [0.15, 0.2) is 101 Å². The number of nitrogen functional groups attached to an aromatic ring is 1. The Morgan fingerprint density at radius 2 is 1.24 bits per heavy atom. The molecule has 5 aromatic carbocycles. The lowest BCUT2D eigenvalue weighted by Crippen LogP contribution is -2.17. The van der Waals surface area contributed by atoms with Crippen molar-refractivity contribution in [3.8, 4) is 17.6 Å². The number of benzene rings is 5. The first-order valence-electron chi connectivity index (χ1n) is 20.1. The van der Waals surface area contributed by atoms with Crippen LogP contribution in [0.25, 0.3) is 0 Å². The van der Waals surface area contributed by atoms with E-state index >= 15 is 0 Å². The maximum absolute atomic E-state index is 13.7. The average Bonchev–Trinajstić information content (AvgIpc) is 3.25. The summed E-state index contributed by atoms with van der Waals surface area (Å²) in [6.45, 7) is 8.74. The van der Waals surface area contributed by atoms with Gasteiger partial charge in [0.05, 0.1) is 35.2 Å². The van der Waals surface area contributed by atoms with Crippen LogP contribution in [0.5, 0.6) is 11.5 Å². The van der Waals surface area contributed by atoms with Crippen molar-refractivity contribution in [2.45, 2.75) is 85.5 Å². The van der Waals surface area contributed by atoms with Gasteiger partial charge in [-0.05, 0) is 151 Å². The molecule has 0 atom stereocenters. The number of rotatable bonds is 19. The van der Waals surface area contributed by atoms with E-state index in [4.69, 9.17) is 20.5 Å². The summed E-state index contributed by atoms with van der Waals surface area (Å²) in [5.74, 6) is -1.60. The maximum Gasteiger partial charge on any atom is 0.335 e. The van der Waals surface area contributed by atoms with Gasteiger partial charge in [-0.2, -0.15) is 15.5 Å². The molecular weight excluding hydrogens is 743 g/mol. The van der Waals surface area contributed by atoms with Crippen LogP contribution in [-0.4, -0.2) is 29.6 Å². The molecule has 0 bridgehead atoms. The number of carbonyl (C=O) groups is 3. The highest BCUT2D eigenvalue weighted by molar-refractivity contribution is 6.07. The Balaban J connectivity index is 1.14. The fraction of sp³-hybridized carbons (Fsp3) is 0.292. The molecule has 0 fully saturated rings. The highest BCUT2D eigenvalue weighted by Crippen LogP contribution is 2.30. The lowest BCUT2D eigenvalue weighted by Gasteiger charge is -2.18. The van der Waals surface area contributed by atoms with Gasteiger partial charge in [-0.15, -0.1) is 0 Å². The minimum absolute atomic E-state index is 0.00792. The zero-order valence-electron chi connectivity index (χ0n) is 34.1. The number of esters is 1. The summed E-state index contributed by atoms with van der Waals surface area (Å²) in [6, 6.07) is 28.6. The van der Waals surface area contributed by atoms with Gasteiger partial charge in [-0.1, -0.05) is 52.0 Å². The summed E-state index contributed by atoms with van der Waals surface area (Å²) < 4.78 is 11.4. The van der Waals surface area contributed by atoms with Gasteiger partial charge >= 0.3 is 11.9 Å². The van der Waals surface area contributed by atoms with Crippen molar-refractivity contribution in [1.29, 1.82) is 5.26 Å². The molecular formula is C48H51N5O6. The molecule has 0 aromatic heterocycles. The summed E-state index contributed by atoms with van der Waals surface area (Å²) in [7, 11) is 0. The van der Waals surface area contributed by atoms with E-state index in [0.29, 0.717) is 67.1 Å². The predicted molar refractivity (Wildman–Crippen MR) is 230 cm³/mol. The van der Waals surface area contributed by atoms with E-state index < -0.39 is 17.8 Å². The van der Waals surface area contributed by atoms with Gasteiger partial charge in [0, 0.05) is 23.4 Å². The molecule has 0 aliphatic rings. The third-order valence-electron chi connectivity index (χ3n) is 10.00. The molecule has 0 saturated heterocycles. The number of nitrogens with zero attached hydrogens (tertiary/aromatic N) is 3. The van der Waals surface area contributed by atoms with E-state index in [1.54, 1.807) is 48.5 Å². The number of unbranched alkanes of at least 4 members (excludes halogenated alkanes) is 2. The number of aryl methyl sites for hydroxylation is 4. The van der Waals surface area contributed by atoms with Gasteiger partial charge in [0.1, 0.15) is 11.5 Å². The van der Waals surface area contributed by atoms with Crippen molar-refractivity contribution in [3.63, 3.8) is 0 Å². The van der Waals surface area contributed by atoms with Gasteiger partial charge in [0.25, 0.3) is 5.91 Å². The number of ether oxygens (including phenoxy) is 2. The third kappa shape index (κ3) is 12.1. The highest BCUT2D eigenvalue weighted by Gasteiger charge is 2.19. The molecule has 5 rings (SSSR count). The maximum atomic E-state index is 13.7. The number of aromatic carboxylic acids is 1. The Morgan fingerprint density at radius 3 is 1.78 bits per heavy atom. The summed E-state index contributed by atoms with van der Waals surface area (Å²) in [6.07, 6.45) is 5.84. The molecule has 11 nitrogen and oxygen atoms in total. The number of nitrogens with one attached hydrogen (secondary N) is 1. The number of anilines is 2. The molecule has 0 aliphatic heterocycles. The largest absolute Gasteiger partial charge is 0.494 e. The minimum atomic E-state index is -1.24.